The Morgan fingerprint density at radius 2 is 1.76 bits per heavy atom. The molecular formula is C13H18F2N2. The van der Waals surface area contributed by atoms with Gasteiger partial charge in [-0.25, -0.2) is 8.78 Å². The largest absolute Gasteiger partial charge is 0.375 e. The summed E-state index contributed by atoms with van der Waals surface area (Å²) in [7, 11) is 3.39. The topological polar surface area (TPSA) is 29.3 Å². The number of nitrogens with two attached hydrogens (primary N) is 1. The van der Waals surface area contributed by atoms with Gasteiger partial charge in [0, 0.05) is 19.6 Å². The Hall–Kier alpha value is -1.16. The van der Waals surface area contributed by atoms with E-state index in [-0.39, 0.29) is 11.1 Å². The second-order valence-electron chi connectivity index (χ2n) is 5.68. The monoisotopic (exact) mass is 240 g/mol. The molecule has 1 aromatic carbocycles. The van der Waals surface area contributed by atoms with Gasteiger partial charge in [-0.3, -0.25) is 0 Å². The zero-order chi connectivity index (χ0) is 13.0. The highest BCUT2D eigenvalue weighted by Gasteiger charge is 2.60. The predicted octanol–water partition coefficient (Wildman–Crippen LogP) is 2.61. The molecule has 94 valence electrons. The van der Waals surface area contributed by atoms with Gasteiger partial charge < -0.3 is 10.6 Å². The van der Waals surface area contributed by atoms with Gasteiger partial charge in [0.25, 0.3) is 0 Å². The Morgan fingerprint density at radius 3 is 2.18 bits per heavy atom. The van der Waals surface area contributed by atoms with Crippen LogP contribution in [0, 0.1) is 17.0 Å². The smallest absolute Gasteiger partial charge is 0.182 e. The van der Waals surface area contributed by atoms with Crippen LogP contribution in [0.1, 0.15) is 25.8 Å². The van der Waals surface area contributed by atoms with Crippen molar-refractivity contribution in [3.8, 4) is 0 Å². The molecule has 0 amide bonds. The van der Waals surface area contributed by atoms with Crippen molar-refractivity contribution < 1.29 is 8.78 Å². The van der Waals surface area contributed by atoms with Gasteiger partial charge in [-0.2, -0.15) is 0 Å². The summed E-state index contributed by atoms with van der Waals surface area (Å²) in [6.07, 6.45) is 0.784. The number of hydrogen-bond donors (Lipinski definition) is 1. The van der Waals surface area contributed by atoms with Crippen LogP contribution in [0.15, 0.2) is 12.1 Å². The molecule has 1 aromatic rings. The third kappa shape index (κ3) is 1.62. The molecule has 17 heavy (non-hydrogen) atoms. The molecule has 0 aliphatic heterocycles. The van der Waals surface area contributed by atoms with Crippen LogP contribution in [-0.2, 0) is 5.54 Å². The Kier molecular flexibility index (Phi) is 2.47. The fraction of sp³-hybridized carbons (Fsp3) is 0.538. The highest BCUT2D eigenvalue weighted by molar-refractivity contribution is 5.60. The van der Waals surface area contributed by atoms with Crippen LogP contribution in [-0.4, -0.2) is 14.1 Å². The molecule has 1 unspecified atom stereocenters. The first-order chi connectivity index (χ1) is 7.71. The van der Waals surface area contributed by atoms with Crippen molar-refractivity contribution in [2.24, 2.45) is 11.1 Å². The Balaban J connectivity index is 2.60. The summed E-state index contributed by atoms with van der Waals surface area (Å²) < 4.78 is 27.1. The van der Waals surface area contributed by atoms with Gasteiger partial charge in [0.15, 0.2) is 11.6 Å². The van der Waals surface area contributed by atoms with Crippen molar-refractivity contribution in [3.63, 3.8) is 0 Å². The van der Waals surface area contributed by atoms with Crippen molar-refractivity contribution in [1.82, 2.24) is 0 Å². The molecule has 0 aromatic heterocycles. The third-order valence-electron chi connectivity index (χ3n) is 3.80. The molecule has 1 fully saturated rings. The highest BCUT2D eigenvalue weighted by atomic mass is 19.2. The van der Waals surface area contributed by atoms with Gasteiger partial charge in [-0.05, 0) is 23.5 Å². The first kappa shape index (κ1) is 12.3. The maximum Gasteiger partial charge on any atom is 0.182 e. The summed E-state index contributed by atoms with van der Waals surface area (Å²) in [5, 5.41) is 0. The zero-order valence-electron chi connectivity index (χ0n) is 10.6. The van der Waals surface area contributed by atoms with Crippen molar-refractivity contribution in [3.05, 3.63) is 29.3 Å². The van der Waals surface area contributed by atoms with E-state index in [1.807, 2.05) is 13.8 Å². The molecule has 1 saturated carbocycles. The van der Waals surface area contributed by atoms with Gasteiger partial charge in [0.1, 0.15) is 0 Å². The van der Waals surface area contributed by atoms with Crippen molar-refractivity contribution in [1.29, 1.82) is 0 Å². The quantitative estimate of drug-likeness (QED) is 0.861. The van der Waals surface area contributed by atoms with E-state index in [9.17, 15) is 8.78 Å². The van der Waals surface area contributed by atoms with Gasteiger partial charge in [-0.1, -0.05) is 19.9 Å². The number of benzene rings is 1. The predicted molar refractivity (Wildman–Crippen MR) is 64.9 cm³/mol. The van der Waals surface area contributed by atoms with Crippen LogP contribution in [0.2, 0.25) is 0 Å². The van der Waals surface area contributed by atoms with E-state index in [0.29, 0.717) is 5.56 Å². The van der Waals surface area contributed by atoms with Gasteiger partial charge in [-0.15, -0.1) is 0 Å². The van der Waals surface area contributed by atoms with E-state index in [1.165, 1.54) is 0 Å². The maximum atomic E-state index is 13.9. The lowest BCUT2D eigenvalue weighted by atomic mass is 9.94. The number of nitrogens with zero attached hydrogens (tertiary/aromatic N) is 1. The standard InChI is InChI=1S/C13H18F2N2/c1-12(2)7-13(12,16)8-5-6-9(14)10(15)11(8)17(3)4/h5-6H,7,16H2,1-4H3. The number of halogens is 2. The van der Waals surface area contributed by atoms with Gasteiger partial charge in [0.2, 0.25) is 0 Å². The number of rotatable bonds is 2. The fourth-order valence-corrected chi connectivity index (χ4v) is 2.45. The molecule has 1 aliphatic rings. The van der Waals surface area contributed by atoms with Crippen LogP contribution in [0.25, 0.3) is 0 Å². The Bertz CT molecular complexity index is 469. The molecule has 1 aliphatic carbocycles. The van der Waals surface area contributed by atoms with E-state index in [1.54, 1.807) is 25.1 Å². The summed E-state index contributed by atoms with van der Waals surface area (Å²) in [5.41, 5.74) is 6.61. The second-order valence-corrected chi connectivity index (χ2v) is 5.68. The summed E-state index contributed by atoms with van der Waals surface area (Å²) in [6.45, 7) is 4.07. The minimum Gasteiger partial charge on any atom is -0.375 e. The minimum absolute atomic E-state index is 0.0674. The normalized spacial score (nSPS) is 25.8. The maximum absolute atomic E-state index is 13.9. The first-order valence-corrected chi connectivity index (χ1v) is 5.65. The van der Waals surface area contributed by atoms with Crippen LogP contribution in [0.4, 0.5) is 14.5 Å². The molecule has 2 N–H and O–H groups in total. The lowest BCUT2D eigenvalue weighted by Crippen LogP contribution is -2.29. The molecule has 0 saturated heterocycles. The number of anilines is 1. The Morgan fingerprint density at radius 1 is 1.24 bits per heavy atom. The number of hydrogen-bond acceptors (Lipinski definition) is 2. The Labute approximate surface area is 100 Å². The van der Waals surface area contributed by atoms with Crippen LogP contribution in [0.5, 0.6) is 0 Å². The van der Waals surface area contributed by atoms with E-state index < -0.39 is 17.2 Å². The molecule has 0 radical (unpaired) electrons. The minimum atomic E-state index is -0.834. The SMILES string of the molecule is CN(C)c1c(C2(N)CC2(C)C)ccc(F)c1F. The molecule has 0 heterocycles. The molecule has 2 rings (SSSR count). The van der Waals surface area contributed by atoms with Crippen molar-refractivity contribution in [2.75, 3.05) is 19.0 Å². The van der Waals surface area contributed by atoms with E-state index in [0.717, 1.165) is 12.5 Å². The van der Waals surface area contributed by atoms with Crippen molar-refractivity contribution in [2.45, 2.75) is 25.8 Å². The van der Waals surface area contributed by atoms with Crippen molar-refractivity contribution >= 4 is 5.69 Å². The molecule has 0 bridgehead atoms. The van der Waals surface area contributed by atoms with Crippen LogP contribution < -0.4 is 10.6 Å². The average Bonchev–Trinajstić information content (AvgIpc) is 2.70. The molecule has 2 nitrogen and oxygen atoms in total. The average molecular weight is 240 g/mol. The van der Waals surface area contributed by atoms with E-state index in [2.05, 4.69) is 0 Å². The lowest BCUT2D eigenvalue weighted by Gasteiger charge is -2.24. The van der Waals surface area contributed by atoms with Gasteiger partial charge >= 0.3 is 0 Å². The highest BCUT2D eigenvalue weighted by Crippen LogP contribution is 2.62. The summed E-state index contributed by atoms with van der Waals surface area (Å²) >= 11 is 0. The zero-order valence-corrected chi connectivity index (χ0v) is 10.6. The third-order valence-corrected chi connectivity index (χ3v) is 3.80. The summed E-state index contributed by atoms with van der Waals surface area (Å²) in [4.78, 5) is 1.58. The molecule has 0 spiro atoms. The molecular weight excluding hydrogens is 222 g/mol. The second kappa shape index (κ2) is 3.42. The van der Waals surface area contributed by atoms with E-state index in [4.69, 9.17) is 5.73 Å². The fourth-order valence-electron chi connectivity index (χ4n) is 2.45. The molecule has 4 heteroatoms. The summed E-state index contributed by atoms with van der Waals surface area (Å²) in [5.74, 6) is -1.65. The van der Waals surface area contributed by atoms with Crippen LogP contribution in [0.3, 0.4) is 0 Å². The molecule has 1 atom stereocenters. The van der Waals surface area contributed by atoms with Crippen LogP contribution >= 0.6 is 0 Å². The van der Waals surface area contributed by atoms with E-state index >= 15 is 0 Å². The summed E-state index contributed by atoms with van der Waals surface area (Å²) in [6, 6.07) is 2.75. The van der Waals surface area contributed by atoms with Gasteiger partial charge in [0.05, 0.1) is 5.69 Å². The lowest BCUT2D eigenvalue weighted by molar-refractivity contribution is 0.487. The first-order valence-electron chi connectivity index (χ1n) is 5.65.